The molecule has 0 aliphatic heterocycles. The summed E-state index contributed by atoms with van der Waals surface area (Å²) in [7, 11) is 0. The zero-order chi connectivity index (χ0) is 13.2. The van der Waals surface area contributed by atoms with Crippen molar-refractivity contribution in [3.05, 3.63) is 18.0 Å². The molecule has 0 fully saturated rings. The molecule has 0 radical (unpaired) electrons. The van der Waals surface area contributed by atoms with Crippen molar-refractivity contribution in [1.29, 1.82) is 0 Å². The van der Waals surface area contributed by atoms with E-state index in [1.54, 1.807) is 12.4 Å². The standard InChI is InChI=1S/C12H22N4O2/c1-10(2)16-12-14-8-11(9-15-12)7-13-3-5-18-6-4-17/h8-10,13,17H,3-7H2,1-2H3,(H,14,15,16). The van der Waals surface area contributed by atoms with E-state index in [1.165, 1.54) is 0 Å². The van der Waals surface area contributed by atoms with Gasteiger partial charge in [-0.25, -0.2) is 9.97 Å². The van der Waals surface area contributed by atoms with Gasteiger partial charge in [-0.15, -0.1) is 0 Å². The van der Waals surface area contributed by atoms with Gasteiger partial charge in [-0.2, -0.15) is 0 Å². The van der Waals surface area contributed by atoms with Gasteiger partial charge in [0, 0.05) is 37.1 Å². The van der Waals surface area contributed by atoms with Crippen molar-refractivity contribution in [2.75, 3.05) is 31.7 Å². The summed E-state index contributed by atoms with van der Waals surface area (Å²) < 4.78 is 5.13. The Hall–Kier alpha value is -1.24. The monoisotopic (exact) mass is 254 g/mol. The third-order valence-electron chi connectivity index (χ3n) is 2.11. The molecule has 0 bridgehead atoms. The quantitative estimate of drug-likeness (QED) is 0.553. The highest BCUT2D eigenvalue weighted by Gasteiger charge is 1.99. The smallest absolute Gasteiger partial charge is 0.222 e. The van der Waals surface area contributed by atoms with Gasteiger partial charge in [0.05, 0.1) is 19.8 Å². The molecule has 0 aromatic carbocycles. The van der Waals surface area contributed by atoms with Gasteiger partial charge in [-0.3, -0.25) is 0 Å². The molecule has 0 spiro atoms. The summed E-state index contributed by atoms with van der Waals surface area (Å²) in [6.07, 6.45) is 3.61. The Morgan fingerprint density at radius 3 is 2.61 bits per heavy atom. The average molecular weight is 254 g/mol. The molecule has 102 valence electrons. The molecule has 0 saturated carbocycles. The number of anilines is 1. The van der Waals surface area contributed by atoms with Crippen LogP contribution in [0.1, 0.15) is 19.4 Å². The molecule has 0 saturated heterocycles. The van der Waals surface area contributed by atoms with E-state index in [2.05, 4.69) is 20.6 Å². The van der Waals surface area contributed by atoms with Crippen LogP contribution < -0.4 is 10.6 Å². The van der Waals surface area contributed by atoms with E-state index in [0.717, 1.165) is 12.1 Å². The molecule has 6 heteroatoms. The van der Waals surface area contributed by atoms with Gasteiger partial charge in [0.2, 0.25) is 5.95 Å². The highest BCUT2D eigenvalue weighted by Crippen LogP contribution is 2.01. The molecule has 6 nitrogen and oxygen atoms in total. The third kappa shape index (κ3) is 6.48. The lowest BCUT2D eigenvalue weighted by atomic mass is 10.3. The predicted octanol–water partition coefficient (Wildman–Crippen LogP) is 0.395. The van der Waals surface area contributed by atoms with Gasteiger partial charge in [0.25, 0.3) is 0 Å². The molecule has 0 atom stereocenters. The number of hydrogen-bond donors (Lipinski definition) is 3. The highest BCUT2D eigenvalue weighted by atomic mass is 16.5. The Bertz CT molecular complexity index is 316. The van der Waals surface area contributed by atoms with Gasteiger partial charge in [0.15, 0.2) is 0 Å². The van der Waals surface area contributed by atoms with Crippen LogP contribution in [0.2, 0.25) is 0 Å². The van der Waals surface area contributed by atoms with E-state index in [0.29, 0.717) is 31.7 Å². The van der Waals surface area contributed by atoms with E-state index in [9.17, 15) is 0 Å². The zero-order valence-electron chi connectivity index (χ0n) is 11.0. The molecule has 1 heterocycles. The summed E-state index contributed by atoms with van der Waals surface area (Å²) >= 11 is 0. The lowest BCUT2D eigenvalue weighted by Gasteiger charge is -2.08. The second-order valence-corrected chi connectivity index (χ2v) is 4.23. The molecule has 18 heavy (non-hydrogen) atoms. The maximum absolute atomic E-state index is 8.52. The van der Waals surface area contributed by atoms with Crippen LogP contribution in [0.5, 0.6) is 0 Å². The van der Waals surface area contributed by atoms with Crippen LogP contribution in [-0.2, 0) is 11.3 Å². The predicted molar refractivity (Wildman–Crippen MR) is 70.4 cm³/mol. The van der Waals surface area contributed by atoms with Gasteiger partial charge >= 0.3 is 0 Å². The number of nitrogens with one attached hydrogen (secondary N) is 2. The SMILES string of the molecule is CC(C)Nc1ncc(CNCCOCCO)cn1. The van der Waals surface area contributed by atoms with Gasteiger partial charge in [-0.1, -0.05) is 0 Å². The number of rotatable bonds is 9. The van der Waals surface area contributed by atoms with Crippen molar-refractivity contribution in [2.45, 2.75) is 26.4 Å². The number of aliphatic hydroxyl groups excluding tert-OH is 1. The summed E-state index contributed by atoms with van der Waals surface area (Å²) in [5, 5.41) is 14.9. The Morgan fingerprint density at radius 1 is 1.28 bits per heavy atom. The first-order chi connectivity index (χ1) is 8.72. The van der Waals surface area contributed by atoms with Crippen LogP contribution in [0.25, 0.3) is 0 Å². The molecule has 1 aromatic rings. The van der Waals surface area contributed by atoms with Crippen LogP contribution >= 0.6 is 0 Å². The Morgan fingerprint density at radius 2 is 2.00 bits per heavy atom. The molecule has 0 amide bonds. The maximum atomic E-state index is 8.52. The van der Waals surface area contributed by atoms with Crippen LogP contribution in [0.3, 0.4) is 0 Å². The maximum Gasteiger partial charge on any atom is 0.222 e. The summed E-state index contributed by atoms with van der Waals surface area (Å²) in [5.74, 6) is 0.653. The van der Waals surface area contributed by atoms with Crippen LogP contribution in [-0.4, -0.2) is 47.5 Å². The summed E-state index contributed by atoms with van der Waals surface area (Å²) in [6.45, 7) is 6.60. The van der Waals surface area contributed by atoms with Gasteiger partial charge in [-0.05, 0) is 13.8 Å². The lowest BCUT2D eigenvalue weighted by molar-refractivity contribution is 0.0938. The fraction of sp³-hybridized carbons (Fsp3) is 0.667. The molecule has 3 N–H and O–H groups in total. The largest absolute Gasteiger partial charge is 0.394 e. The first kappa shape index (κ1) is 14.8. The second kappa shape index (κ2) is 8.79. The van der Waals surface area contributed by atoms with Gasteiger partial charge in [0.1, 0.15) is 0 Å². The minimum absolute atomic E-state index is 0.0676. The van der Waals surface area contributed by atoms with Crippen molar-refractivity contribution >= 4 is 5.95 Å². The van der Waals surface area contributed by atoms with E-state index in [4.69, 9.17) is 9.84 Å². The second-order valence-electron chi connectivity index (χ2n) is 4.23. The van der Waals surface area contributed by atoms with Crippen LogP contribution in [0.15, 0.2) is 12.4 Å². The summed E-state index contributed by atoms with van der Waals surface area (Å²) in [5.41, 5.74) is 1.03. The molecular formula is C12H22N4O2. The molecular weight excluding hydrogens is 232 g/mol. The van der Waals surface area contributed by atoms with Gasteiger partial charge < -0.3 is 20.5 Å². The first-order valence-electron chi connectivity index (χ1n) is 6.19. The number of aliphatic hydroxyl groups is 1. The van der Waals surface area contributed by atoms with Crippen molar-refractivity contribution in [2.24, 2.45) is 0 Å². The number of ether oxygens (including phenoxy) is 1. The van der Waals surface area contributed by atoms with E-state index in [1.807, 2.05) is 13.8 Å². The zero-order valence-corrected chi connectivity index (χ0v) is 11.0. The van der Waals surface area contributed by atoms with Crippen LogP contribution in [0, 0.1) is 0 Å². The Labute approximate surface area is 108 Å². The number of nitrogens with zero attached hydrogens (tertiary/aromatic N) is 2. The molecule has 0 aliphatic rings. The fourth-order valence-electron chi connectivity index (χ4n) is 1.32. The Balaban J connectivity index is 2.18. The number of aromatic nitrogens is 2. The normalized spacial score (nSPS) is 10.9. The molecule has 0 aliphatic carbocycles. The van der Waals surface area contributed by atoms with Crippen LogP contribution in [0.4, 0.5) is 5.95 Å². The first-order valence-corrected chi connectivity index (χ1v) is 6.19. The molecule has 0 unspecified atom stereocenters. The summed E-state index contributed by atoms with van der Waals surface area (Å²) in [4.78, 5) is 8.44. The average Bonchev–Trinajstić information content (AvgIpc) is 2.35. The molecule has 1 rings (SSSR count). The van der Waals surface area contributed by atoms with E-state index >= 15 is 0 Å². The van der Waals surface area contributed by atoms with Crippen molar-refractivity contribution in [3.8, 4) is 0 Å². The van der Waals surface area contributed by atoms with Crippen molar-refractivity contribution < 1.29 is 9.84 Å². The third-order valence-corrected chi connectivity index (χ3v) is 2.11. The highest BCUT2D eigenvalue weighted by molar-refractivity contribution is 5.25. The lowest BCUT2D eigenvalue weighted by Crippen LogP contribution is -2.20. The van der Waals surface area contributed by atoms with Crippen molar-refractivity contribution in [3.63, 3.8) is 0 Å². The van der Waals surface area contributed by atoms with Crippen molar-refractivity contribution in [1.82, 2.24) is 15.3 Å². The van der Waals surface area contributed by atoms with E-state index in [-0.39, 0.29) is 6.61 Å². The number of hydrogen-bond acceptors (Lipinski definition) is 6. The Kier molecular flexibility index (Phi) is 7.24. The van der Waals surface area contributed by atoms with E-state index < -0.39 is 0 Å². The molecule has 1 aromatic heterocycles. The summed E-state index contributed by atoms with van der Waals surface area (Å²) in [6, 6.07) is 0.331. The topological polar surface area (TPSA) is 79.3 Å². The fourth-order valence-corrected chi connectivity index (χ4v) is 1.32. The minimum atomic E-state index is 0.0676. The minimum Gasteiger partial charge on any atom is -0.394 e.